The molecule has 1 aromatic carbocycles. The molecule has 3 rings (SSSR count). The Morgan fingerprint density at radius 3 is 2.41 bits per heavy atom. The number of aromatic nitrogens is 2. The topological polar surface area (TPSA) is 82.9 Å². The largest absolute Gasteiger partial charge is 0.490 e. The van der Waals surface area contributed by atoms with Crippen molar-refractivity contribution in [3.63, 3.8) is 0 Å². The van der Waals surface area contributed by atoms with Gasteiger partial charge in [-0.05, 0) is 60.5 Å². The number of hydrogen-bond acceptors (Lipinski definition) is 6. The van der Waals surface area contributed by atoms with Crippen molar-refractivity contribution in [2.75, 3.05) is 19.7 Å². The van der Waals surface area contributed by atoms with E-state index in [1.165, 1.54) is 18.3 Å². The van der Waals surface area contributed by atoms with Crippen LogP contribution in [0.4, 0.5) is 14.0 Å². The number of nitrogens with zero attached hydrogens (tertiary/aromatic N) is 3. The zero-order valence-corrected chi connectivity index (χ0v) is 19.6. The number of carbonyl (C=O) groups excluding carboxylic acids is 2. The van der Waals surface area contributed by atoms with Crippen LogP contribution in [-0.2, 0) is 9.47 Å². The summed E-state index contributed by atoms with van der Waals surface area (Å²) in [5.74, 6) is -0.450. The fourth-order valence-electron chi connectivity index (χ4n) is 3.49. The maximum Gasteiger partial charge on any atom is 0.435 e. The van der Waals surface area contributed by atoms with Gasteiger partial charge >= 0.3 is 12.2 Å². The minimum absolute atomic E-state index is 0.0656. The van der Waals surface area contributed by atoms with Crippen LogP contribution in [0.25, 0.3) is 10.9 Å². The fraction of sp³-hybridized carbons (Fsp3) is 0.609. The molecule has 0 saturated carbocycles. The van der Waals surface area contributed by atoms with Crippen LogP contribution in [0.2, 0.25) is 0 Å². The molecule has 1 atom stereocenters. The standard InChI is InChI=1S/C23H32FN3O5/c1-22(2,3)31-20(28)26-9-7-8-15(13-26)14-30-19-10-16-12-25-27(18(16)11-17(19)24)21(29)32-23(4,5)6/h10-12,15H,7-9,13-14H2,1-6H3. The molecular formula is C23H32FN3O5. The van der Waals surface area contributed by atoms with Gasteiger partial charge in [0.05, 0.1) is 18.3 Å². The van der Waals surface area contributed by atoms with Gasteiger partial charge in [-0.2, -0.15) is 9.78 Å². The van der Waals surface area contributed by atoms with Crippen molar-refractivity contribution in [1.82, 2.24) is 14.7 Å². The second-order valence-corrected chi connectivity index (χ2v) is 10.1. The number of hydrogen-bond donors (Lipinski definition) is 0. The molecule has 1 amide bonds. The number of benzene rings is 1. The maximum atomic E-state index is 14.7. The van der Waals surface area contributed by atoms with E-state index >= 15 is 0 Å². The Hall–Kier alpha value is -2.84. The zero-order valence-electron chi connectivity index (χ0n) is 19.6. The Kier molecular flexibility index (Phi) is 6.67. The molecule has 0 spiro atoms. The van der Waals surface area contributed by atoms with Crippen LogP contribution in [0.15, 0.2) is 18.3 Å². The van der Waals surface area contributed by atoms with Gasteiger partial charge in [-0.3, -0.25) is 0 Å². The molecule has 0 radical (unpaired) electrons. The lowest BCUT2D eigenvalue weighted by atomic mass is 9.99. The van der Waals surface area contributed by atoms with Crippen molar-refractivity contribution in [3.05, 3.63) is 24.1 Å². The summed E-state index contributed by atoms with van der Waals surface area (Å²) in [5, 5.41) is 4.59. The molecule has 0 aliphatic carbocycles. The van der Waals surface area contributed by atoms with E-state index in [0.717, 1.165) is 17.5 Å². The monoisotopic (exact) mass is 449 g/mol. The van der Waals surface area contributed by atoms with E-state index in [1.807, 2.05) is 20.8 Å². The van der Waals surface area contributed by atoms with Crippen LogP contribution in [0.5, 0.6) is 5.75 Å². The average molecular weight is 450 g/mol. The van der Waals surface area contributed by atoms with Crippen LogP contribution in [0.3, 0.4) is 0 Å². The third-order valence-corrected chi connectivity index (χ3v) is 4.83. The van der Waals surface area contributed by atoms with E-state index in [-0.39, 0.29) is 24.4 Å². The number of rotatable bonds is 3. The van der Waals surface area contributed by atoms with Gasteiger partial charge in [0.25, 0.3) is 0 Å². The molecule has 32 heavy (non-hydrogen) atoms. The van der Waals surface area contributed by atoms with E-state index in [1.54, 1.807) is 25.7 Å². The van der Waals surface area contributed by atoms with Crippen molar-refractivity contribution in [2.45, 2.75) is 65.6 Å². The first-order chi connectivity index (χ1) is 14.8. The lowest BCUT2D eigenvalue weighted by molar-refractivity contribution is 0.0138. The summed E-state index contributed by atoms with van der Waals surface area (Å²) in [7, 11) is 0. The molecule has 1 saturated heterocycles. The maximum absolute atomic E-state index is 14.7. The zero-order chi connectivity index (χ0) is 23.7. The van der Waals surface area contributed by atoms with E-state index in [2.05, 4.69) is 5.10 Å². The van der Waals surface area contributed by atoms with Gasteiger partial charge in [-0.25, -0.2) is 14.0 Å². The lowest BCUT2D eigenvalue weighted by Crippen LogP contribution is -2.44. The number of halogens is 1. The number of carbonyl (C=O) groups is 2. The number of piperidine rings is 1. The summed E-state index contributed by atoms with van der Waals surface area (Å²) in [6.45, 7) is 12.1. The van der Waals surface area contributed by atoms with Gasteiger partial charge in [0.15, 0.2) is 11.6 Å². The number of fused-ring (bicyclic) bond motifs is 1. The Bertz CT molecular complexity index is 990. The molecule has 1 fully saturated rings. The molecule has 0 N–H and O–H groups in total. The summed E-state index contributed by atoms with van der Waals surface area (Å²) < 4.78 is 32.3. The molecule has 1 aromatic heterocycles. The Morgan fingerprint density at radius 2 is 1.75 bits per heavy atom. The number of likely N-dealkylation sites (tertiary alicyclic amines) is 1. The third-order valence-electron chi connectivity index (χ3n) is 4.83. The van der Waals surface area contributed by atoms with Crippen LogP contribution < -0.4 is 4.74 Å². The highest BCUT2D eigenvalue weighted by Gasteiger charge is 2.28. The Morgan fingerprint density at radius 1 is 1.09 bits per heavy atom. The molecule has 1 aliphatic rings. The van der Waals surface area contributed by atoms with Crippen molar-refractivity contribution in [2.24, 2.45) is 5.92 Å². The van der Waals surface area contributed by atoms with Crippen LogP contribution in [-0.4, -0.2) is 57.8 Å². The smallest absolute Gasteiger partial charge is 0.435 e. The SMILES string of the molecule is CC(C)(C)OC(=O)N1CCCC(COc2cc3cnn(C(=O)OC(C)(C)C)c3cc2F)C1. The highest BCUT2D eigenvalue weighted by atomic mass is 19.1. The van der Waals surface area contributed by atoms with Gasteiger partial charge < -0.3 is 19.1 Å². The molecule has 176 valence electrons. The molecule has 1 unspecified atom stereocenters. The quantitative estimate of drug-likeness (QED) is 0.657. The first-order valence-electron chi connectivity index (χ1n) is 10.8. The van der Waals surface area contributed by atoms with Crippen LogP contribution in [0, 0.1) is 11.7 Å². The third kappa shape index (κ3) is 6.11. The highest BCUT2D eigenvalue weighted by Crippen LogP contribution is 2.27. The first-order valence-corrected chi connectivity index (χ1v) is 10.8. The summed E-state index contributed by atoms with van der Waals surface area (Å²) in [4.78, 5) is 26.3. The predicted molar refractivity (Wildman–Crippen MR) is 117 cm³/mol. The predicted octanol–water partition coefficient (Wildman–Crippen LogP) is 4.98. The highest BCUT2D eigenvalue weighted by molar-refractivity contribution is 5.88. The molecule has 2 heterocycles. The Balaban J connectivity index is 1.66. The van der Waals surface area contributed by atoms with Crippen molar-refractivity contribution >= 4 is 23.1 Å². The molecule has 1 aliphatic heterocycles. The minimum atomic E-state index is -0.690. The summed E-state index contributed by atoms with van der Waals surface area (Å²) in [6.07, 6.45) is 2.16. The summed E-state index contributed by atoms with van der Waals surface area (Å²) >= 11 is 0. The fourth-order valence-corrected chi connectivity index (χ4v) is 3.49. The van der Waals surface area contributed by atoms with E-state index in [0.29, 0.717) is 24.0 Å². The van der Waals surface area contributed by atoms with Crippen LogP contribution >= 0.6 is 0 Å². The van der Waals surface area contributed by atoms with E-state index in [4.69, 9.17) is 14.2 Å². The number of ether oxygens (including phenoxy) is 3. The van der Waals surface area contributed by atoms with Crippen molar-refractivity contribution in [1.29, 1.82) is 0 Å². The van der Waals surface area contributed by atoms with Gasteiger partial charge in [0.2, 0.25) is 0 Å². The van der Waals surface area contributed by atoms with Crippen LogP contribution in [0.1, 0.15) is 54.4 Å². The molecule has 8 nitrogen and oxygen atoms in total. The number of amides is 1. The molecule has 0 bridgehead atoms. The minimum Gasteiger partial charge on any atom is -0.490 e. The molecule has 9 heteroatoms. The Labute approximate surface area is 187 Å². The summed E-state index contributed by atoms with van der Waals surface area (Å²) in [6, 6.07) is 2.74. The van der Waals surface area contributed by atoms with Gasteiger partial charge in [0.1, 0.15) is 11.2 Å². The van der Waals surface area contributed by atoms with Gasteiger partial charge in [-0.15, -0.1) is 0 Å². The second kappa shape index (κ2) is 8.96. The van der Waals surface area contributed by atoms with Crippen molar-refractivity contribution < 1.29 is 28.2 Å². The second-order valence-electron chi connectivity index (χ2n) is 10.1. The normalized spacial score (nSPS) is 17.3. The first kappa shape index (κ1) is 23.8. The molecule has 2 aromatic rings. The van der Waals surface area contributed by atoms with Gasteiger partial charge in [0, 0.05) is 30.5 Å². The van der Waals surface area contributed by atoms with E-state index in [9.17, 15) is 14.0 Å². The molecular weight excluding hydrogens is 417 g/mol. The lowest BCUT2D eigenvalue weighted by Gasteiger charge is -2.34. The van der Waals surface area contributed by atoms with Crippen molar-refractivity contribution in [3.8, 4) is 5.75 Å². The van der Waals surface area contributed by atoms with Gasteiger partial charge in [-0.1, -0.05) is 0 Å². The summed E-state index contributed by atoms with van der Waals surface area (Å²) in [5.41, 5.74) is -0.940. The van der Waals surface area contributed by atoms with E-state index < -0.39 is 23.1 Å². The average Bonchev–Trinajstić information content (AvgIpc) is 3.06.